The largest absolute Gasteiger partial charge is 0.490 e. The first-order valence-electron chi connectivity index (χ1n) is 10.6. The minimum atomic E-state index is -5.08. The quantitative estimate of drug-likeness (QED) is 0.578. The van der Waals surface area contributed by atoms with E-state index in [0.29, 0.717) is 11.8 Å². The van der Waals surface area contributed by atoms with Crippen LogP contribution >= 0.6 is 0 Å². The van der Waals surface area contributed by atoms with Crippen molar-refractivity contribution in [2.45, 2.75) is 25.7 Å². The number of hydrogen-bond acceptors (Lipinski definition) is 3. The molecule has 3 heterocycles. The minimum Gasteiger partial charge on any atom is -0.475 e. The molecular formula is C24H23F4N3O2. The van der Waals surface area contributed by atoms with E-state index in [-0.39, 0.29) is 5.82 Å². The lowest BCUT2D eigenvalue weighted by Gasteiger charge is -2.27. The number of carboxylic acid groups (broad SMARTS) is 1. The molecule has 0 spiro atoms. The highest BCUT2D eigenvalue weighted by Gasteiger charge is 2.38. The Morgan fingerprint density at radius 2 is 1.64 bits per heavy atom. The topological polar surface area (TPSA) is 58.4 Å². The molecule has 5 nitrogen and oxygen atoms in total. The number of imidazole rings is 1. The van der Waals surface area contributed by atoms with Crippen LogP contribution in [-0.2, 0) is 24.3 Å². The van der Waals surface area contributed by atoms with Crippen LogP contribution in [0.5, 0.6) is 0 Å². The van der Waals surface area contributed by atoms with Crippen LogP contribution in [0.25, 0.3) is 11.3 Å². The summed E-state index contributed by atoms with van der Waals surface area (Å²) < 4.78 is 47.3. The lowest BCUT2D eigenvalue weighted by molar-refractivity contribution is -0.192. The Morgan fingerprint density at radius 3 is 2.27 bits per heavy atom. The first-order chi connectivity index (χ1) is 15.7. The van der Waals surface area contributed by atoms with Crippen molar-refractivity contribution < 1.29 is 27.5 Å². The van der Waals surface area contributed by atoms with E-state index in [9.17, 15) is 17.6 Å². The molecule has 1 saturated heterocycles. The highest BCUT2D eigenvalue weighted by atomic mass is 19.4. The Morgan fingerprint density at radius 1 is 1.00 bits per heavy atom. The number of nitrogens with zero attached hydrogens (tertiary/aromatic N) is 3. The third-order valence-electron chi connectivity index (χ3n) is 6.08. The van der Waals surface area contributed by atoms with Gasteiger partial charge in [-0.1, -0.05) is 42.5 Å². The molecule has 3 aromatic rings. The number of alkyl halides is 3. The number of halogens is 4. The summed E-state index contributed by atoms with van der Waals surface area (Å²) in [5.41, 5.74) is 3.66. The lowest BCUT2D eigenvalue weighted by atomic mass is 9.89. The predicted octanol–water partition coefficient (Wildman–Crippen LogP) is 4.63. The summed E-state index contributed by atoms with van der Waals surface area (Å²) in [5.74, 6) is -0.363. The van der Waals surface area contributed by atoms with Gasteiger partial charge in [-0.25, -0.2) is 14.2 Å². The molecule has 2 aliphatic heterocycles. The Labute approximate surface area is 188 Å². The second-order valence-corrected chi connectivity index (χ2v) is 8.38. The van der Waals surface area contributed by atoms with Gasteiger partial charge in [0.05, 0.1) is 11.9 Å². The highest BCUT2D eigenvalue weighted by molar-refractivity contribution is 5.73. The average Bonchev–Trinajstić information content (AvgIpc) is 3.36. The van der Waals surface area contributed by atoms with E-state index in [1.165, 1.54) is 22.6 Å². The fourth-order valence-electron chi connectivity index (χ4n) is 4.54. The van der Waals surface area contributed by atoms with Crippen LogP contribution in [0.15, 0.2) is 60.8 Å². The molecule has 2 aromatic carbocycles. The van der Waals surface area contributed by atoms with Crippen molar-refractivity contribution in [2.75, 3.05) is 13.1 Å². The molecule has 5 rings (SSSR count). The van der Waals surface area contributed by atoms with Gasteiger partial charge in [0, 0.05) is 32.6 Å². The molecule has 33 heavy (non-hydrogen) atoms. The van der Waals surface area contributed by atoms with Gasteiger partial charge in [-0.15, -0.1) is 0 Å². The van der Waals surface area contributed by atoms with Gasteiger partial charge in [-0.05, 0) is 35.1 Å². The van der Waals surface area contributed by atoms with Crippen LogP contribution in [0.1, 0.15) is 11.4 Å². The summed E-state index contributed by atoms with van der Waals surface area (Å²) in [5, 5.41) is 7.12. The van der Waals surface area contributed by atoms with Gasteiger partial charge >= 0.3 is 12.1 Å². The van der Waals surface area contributed by atoms with Crippen LogP contribution in [0.4, 0.5) is 17.6 Å². The van der Waals surface area contributed by atoms with Gasteiger partial charge in [0.1, 0.15) is 11.6 Å². The molecule has 0 bridgehead atoms. The van der Waals surface area contributed by atoms with Crippen LogP contribution < -0.4 is 0 Å². The van der Waals surface area contributed by atoms with Crippen LogP contribution in [0.3, 0.4) is 0 Å². The maximum absolute atomic E-state index is 13.1. The summed E-state index contributed by atoms with van der Waals surface area (Å²) in [6, 6.07) is 17.4. The first kappa shape index (κ1) is 23.0. The predicted molar refractivity (Wildman–Crippen MR) is 114 cm³/mol. The third-order valence-corrected chi connectivity index (χ3v) is 6.08. The van der Waals surface area contributed by atoms with Gasteiger partial charge in [-0.3, -0.25) is 4.90 Å². The average molecular weight is 461 g/mol. The van der Waals surface area contributed by atoms with Crippen LogP contribution in [0, 0.1) is 17.7 Å². The summed E-state index contributed by atoms with van der Waals surface area (Å²) in [6.07, 6.45) is -2.00. The molecule has 1 aromatic heterocycles. The van der Waals surface area contributed by atoms with Crippen molar-refractivity contribution in [1.29, 1.82) is 0 Å². The summed E-state index contributed by atoms with van der Waals surface area (Å²) >= 11 is 0. The van der Waals surface area contributed by atoms with Crippen molar-refractivity contribution >= 4 is 5.97 Å². The molecule has 0 radical (unpaired) electrons. The normalized spacial score (nSPS) is 19.9. The van der Waals surface area contributed by atoms with Gasteiger partial charge in [0.25, 0.3) is 0 Å². The number of aromatic nitrogens is 2. The minimum absolute atomic E-state index is 0.164. The molecule has 174 valence electrons. The molecule has 1 N–H and O–H groups in total. The maximum atomic E-state index is 13.1. The lowest BCUT2D eigenvalue weighted by Crippen LogP contribution is -2.28. The molecule has 2 atom stereocenters. The number of carboxylic acids is 1. The molecule has 2 aliphatic rings. The zero-order chi connectivity index (χ0) is 23.6. The highest BCUT2D eigenvalue weighted by Crippen LogP contribution is 2.35. The van der Waals surface area contributed by atoms with E-state index in [0.717, 1.165) is 32.6 Å². The maximum Gasteiger partial charge on any atom is 0.490 e. The van der Waals surface area contributed by atoms with Crippen LogP contribution in [0.2, 0.25) is 0 Å². The molecule has 2 unspecified atom stereocenters. The van der Waals surface area contributed by atoms with E-state index in [1.807, 2.05) is 18.3 Å². The SMILES string of the molecule is Fc1ccc(CN2CC3Cc4ncc(-c5ccccc5)n4CC3C2)cc1.O=C(O)C(F)(F)F. The van der Waals surface area contributed by atoms with Crippen molar-refractivity contribution in [1.82, 2.24) is 14.5 Å². The second-order valence-electron chi connectivity index (χ2n) is 8.38. The van der Waals surface area contributed by atoms with Gasteiger partial charge in [-0.2, -0.15) is 13.2 Å². The van der Waals surface area contributed by atoms with E-state index in [1.54, 1.807) is 12.1 Å². The Kier molecular flexibility index (Phi) is 6.51. The van der Waals surface area contributed by atoms with Crippen molar-refractivity contribution in [3.63, 3.8) is 0 Å². The monoisotopic (exact) mass is 461 g/mol. The third kappa shape index (κ3) is 5.42. The smallest absolute Gasteiger partial charge is 0.475 e. The molecule has 0 saturated carbocycles. The molecule has 0 amide bonds. The Hall–Kier alpha value is -3.20. The summed E-state index contributed by atoms with van der Waals surface area (Å²) in [7, 11) is 0. The van der Waals surface area contributed by atoms with Gasteiger partial charge in [0.15, 0.2) is 0 Å². The molecular weight excluding hydrogens is 438 g/mol. The van der Waals surface area contributed by atoms with Crippen molar-refractivity contribution in [3.05, 3.63) is 78.0 Å². The van der Waals surface area contributed by atoms with Crippen molar-refractivity contribution in [2.24, 2.45) is 11.8 Å². The van der Waals surface area contributed by atoms with E-state index in [2.05, 4.69) is 39.8 Å². The van der Waals surface area contributed by atoms with Crippen LogP contribution in [-0.4, -0.2) is 44.8 Å². The fraction of sp³-hybridized carbons (Fsp3) is 0.333. The number of aliphatic carboxylic acids is 1. The fourth-order valence-corrected chi connectivity index (χ4v) is 4.54. The van der Waals surface area contributed by atoms with E-state index in [4.69, 9.17) is 14.9 Å². The number of fused-ring (bicyclic) bond motifs is 2. The van der Waals surface area contributed by atoms with E-state index >= 15 is 0 Å². The number of carbonyl (C=O) groups is 1. The van der Waals surface area contributed by atoms with E-state index < -0.39 is 12.1 Å². The number of hydrogen-bond donors (Lipinski definition) is 1. The standard InChI is InChI=1S/C22H22FN3.C2HF3O2/c23-20-8-6-16(7-9-20)12-25-13-18-10-22-24-11-21(17-4-2-1-3-5-17)26(22)15-19(18)14-25;3-2(4,5)1(6)7/h1-9,11,18-19H,10,12-15H2;(H,6,7). The Balaban J connectivity index is 0.000000325. The molecule has 0 aliphatic carbocycles. The number of rotatable bonds is 3. The Bertz CT molecular complexity index is 1100. The van der Waals surface area contributed by atoms with Crippen molar-refractivity contribution in [3.8, 4) is 11.3 Å². The summed E-state index contributed by atoms with van der Waals surface area (Å²) in [6.45, 7) is 4.16. The zero-order valence-electron chi connectivity index (χ0n) is 17.7. The number of benzene rings is 2. The first-order valence-corrected chi connectivity index (χ1v) is 10.6. The zero-order valence-corrected chi connectivity index (χ0v) is 17.7. The second kappa shape index (κ2) is 9.35. The van der Waals surface area contributed by atoms with Gasteiger partial charge in [0.2, 0.25) is 0 Å². The molecule has 9 heteroatoms. The van der Waals surface area contributed by atoms with Gasteiger partial charge < -0.3 is 9.67 Å². The summed E-state index contributed by atoms with van der Waals surface area (Å²) in [4.78, 5) is 16.1. The number of likely N-dealkylation sites (tertiary alicyclic amines) is 1. The molecule has 1 fully saturated rings.